The van der Waals surface area contributed by atoms with Crippen LogP contribution in [0.4, 0.5) is 11.4 Å². The maximum absolute atomic E-state index is 12.4. The van der Waals surface area contributed by atoms with Crippen molar-refractivity contribution in [3.8, 4) is 11.3 Å². The first-order chi connectivity index (χ1) is 12.1. The van der Waals surface area contributed by atoms with E-state index in [9.17, 15) is 9.59 Å². The summed E-state index contributed by atoms with van der Waals surface area (Å²) in [6, 6.07) is 18.0. The average molecular weight is 332 g/mol. The van der Waals surface area contributed by atoms with Crippen molar-refractivity contribution < 1.29 is 9.59 Å². The molecule has 0 fully saturated rings. The molecule has 0 aliphatic heterocycles. The highest BCUT2D eigenvalue weighted by Crippen LogP contribution is 2.21. The van der Waals surface area contributed by atoms with Crippen molar-refractivity contribution in [2.75, 3.05) is 10.6 Å². The van der Waals surface area contributed by atoms with Gasteiger partial charge in [-0.05, 0) is 30.3 Å². The Hall–Kier alpha value is -3.54. The summed E-state index contributed by atoms with van der Waals surface area (Å²) >= 11 is 0. The molecule has 6 nitrogen and oxygen atoms in total. The van der Waals surface area contributed by atoms with Crippen LogP contribution in [0.2, 0.25) is 0 Å². The van der Waals surface area contributed by atoms with Crippen LogP contribution in [-0.2, 0) is 4.79 Å². The van der Waals surface area contributed by atoms with E-state index in [2.05, 4.69) is 20.6 Å². The van der Waals surface area contributed by atoms with E-state index in [1.807, 2.05) is 30.3 Å². The highest BCUT2D eigenvalue weighted by Gasteiger charge is 2.10. The Morgan fingerprint density at radius 3 is 2.36 bits per heavy atom. The molecule has 0 radical (unpaired) electrons. The lowest BCUT2D eigenvalue weighted by molar-refractivity contribution is -0.114. The van der Waals surface area contributed by atoms with Crippen molar-refractivity contribution in [1.29, 1.82) is 0 Å². The van der Waals surface area contributed by atoms with Crippen molar-refractivity contribution in [2.45, 2.75) is 6.92 Å². The fraction of sp³-hybridized carbons (Fsp3) is 0.0526. The van der Waals surface area contributed by atoms with Crippen LogP contribution in [0, 0.1) is 0 Å². The van der Waals surface area contributed by atoms with Crippen LogP contribution < -0.4 is 10.6 Å². The number of aromatic nitrogens is 2. The minimum absolute atomic E-state index is 0.150. The zero-order chi connectivity index (χ0) is 17.6. The number of para-hydroxylation sites is 1. The molecule has 1 heterocycles. The number of hydrogen-bond acceptors (Lipinski definition) is 4. The molecule has 1 aromatic heterocycles. The van der Waals surface area contributed by atoms with Gasteiger partial charge in [0.25, 0.3) is 5.91 Å². The molecule has 124 valence electrons. The van der Waals surface area contributed by atoms with Crippen LogP contribution >= 0.6 is 0 Å². The van der Waals surface area contributed by atoms with Crippen LogP contribution in [-0.4, -0.2) is 21.8 Å². The van der Waals surface area contributed by atoms with E-state index in [1.54, 1.807) is 30.3 Å². The second-order valence-electron chi connectivity index (χ2n) is 5.37. The molecule has 0 unspecified atom stereocenters. The monoisotopic (exact) mass is 332 g/mol. The number of benzene rings is 2. The smallest absolute Gasteiger partial charge is 0.274 e. The fourth-order valence-electron chi connectivity index (χ4n) is 2.32. The largest absolute Gasteiger partial charge is 0.326 e. The van der Waals surface area contributed by atoms with Crippen LogP contribution in [0.15, 0.2) is 67.0 Å². The molecule has 6 heteroatoms. The third-order valence-electron chi connectivity index (χ3n) is 3.41. The van der Waals surface area contributed by atoms with Gasteiger partial charge in [-0.25, -0.2) is 9.97 Å². The molecular weight excluding hydrogens is 316 g/mol. The average Bonchev–Trinajstić information content (AvgIpc) is 2.62. The van der Waals surface area contributed by atoms with Gasteiger partial charge in [-0.2, -0.15) is 0 Å². The second-order valence-corrected chi connectivity index (χ2v) is 5.37. The third kappa shape index (κ3) is 4.26. The quantitative estimate of drug-likeness (QED) is 0.767. The van der Waals surface area contributed by atoms with Crippen molar-refractivity contribution in [2.24, 2.45) is 0 Å². The van der Waals surface area contributed by atoms with Gasteiger partial charge < -0.3 is 10.6 Å². The summed E-state index contributed by atoms with van der Waals surface area (Å²) in [6.45, 7) is 1.45. The Kier molecular flexibility index (Phi) is 4.80. The van der Waals surface area contributed by atoms with Gasteiger partial charge in [0.1, 0.15) is 12.0 Å². The van der Waals surface area contributed by atoms with Gasteiger partial charge in [0.15, 0.2) is 0 Å². The Bertz CT molecular complexity index is 910. The van der Waals surface area contributed by atoms with Crippen LogP contribution in [0.5, 0.6) is 0 Å². The molecule has 0 atom stereocenters. The van der Waals surface area contributed by atoms with Crippen molar-refractivity contribution in [3.05, 3.63) is 72.7 Å². The molecule has 0 bridgehead atoms. The van der Waals surface area contributed by atoms with E-state index < -0.39 is 0 Å². The normalized spacial score (nSPS) is 10.1. The number of carbonyl (C=O) groups excluding carboxylic acids is 2. The molecule has 2 amide bonds. The van der Waals surface area contributed by atoms with Crippen LogP contribution in [0.1, 0.15) is 17.4 Å². The number of carbonyl (C=O) groups is 2. The molecule has 0 aliphatic rings. The second kappa shape index (κ2) is 7.35. The zero-order valence-electron chi connectivity index (χ0n) is 13.6. The molecule has 0 spiro atoms. The van der Waals surface area contributed by atoms with Gasteiger partial charge in [0.05, 0.1) is 5.69 Å². The van der Waals surface area contributed by atoms with Crippen LogP contribution in [0.25, 0.3) is 11.3 Å². The Labute approximate surface area is 145 Å². The molecule has 2 aromatic carbocycles. The standard InChI is InChI=1S/C19H16N4O2/c1-13(24)22-16-9-5-6-14(10-16)17-11-18(21-12-20-17)19(25)23-15-7-3-2-4-8-15/h2-12H,1H3,(H,22,24)(H,23,25). The summed E-state index contributed by atoms with van der Waals surface area (Å²) in [7, 11) is 0. The Balaban J connectivity index is 1.84. The predicted molar refractivity (Wildman–Crippen MR) is 96.2 cm³/mol. The minimum Gasteiger partial charge on any atom is -0.326 e. The maximum atomic E-state index is 12.4. The van der Waals surface area contributed by atoms with E-state index in [0.29, 0.717) is 17.1 Å². The predicted octanol–water partition coefficient (Wildman–Crippen LogP) is 3.35. The van der Waals surface area contributed by atoms with E-state index in [4.69, 9.17) is 0 Å². The Morgan fingerprint density at radius 2 is 1.60 bits per heavy atom. The zero-order valence-corrected chi connectivity index (χ0v) is 13.6. The van der Waals surface area contributed by atoms with Gasteiger partial charge in [0.2, 0.25) is 5.91 Å². The lowest BCUT2D eigenvalue weighted by atomic mass is 10.1. The molecule has 0 saturated heterocycles. The summed E-state index contributed by atoms with van der Waals surface area (Å²) in [5.41, 5.74) is 3.00. The highest BCUT2D eigenvalue weighted by atomic mass is 16.2. The summed E-state index contributed by atoms with van der Waals surface area (Å²) < 4.78 is 0. The van der Waals surface area contributed by atoms with E-state index in [1.165, 1.54) is 13.3 Å². The van der Waals surface area contributed by atoms with Gasteiger partial charge in [-0.3, -0.25) is 9.59 Å². The highest BCUT2D eigenvalue weighted by molar-refractivity contribution is 6.03. The number of hydrogen-bond donors (Lipinski definition) is 2. The summed E-state index contributed by atoms with van der Waals surface area (Å²) in [6.07, 6.45) is 1.35. The molecule has 2 N–H and O–H groups in total. The number of nitrogens with one attached hydrogen (secondary N) is 2. The maximum Gasteiger partial charge on any atom is 0.274 e. The Morgan fingerprint density at radius 1 is 0.840 bits per heavy atom. The summed E-state index contributed by atoms with van der Waals surface area (Å²) in [4.78, 5) is 31.8. The van der Waals surface area contributed by atoms with Crippen LogP contribution in [0.3, 0.4) is 0 Å². The third-order valence-corrected chi connectivity index (χ3v) is 3.41. The molecule has 0 aliphatic carbocycles. The molecule has 25 heavy (non-hydrogen) atoms. The van der Waals surface area contributed by atoms with E-state index >= 15 is 0 Å². The number of rotatable bonds is 4. The van der Waals surface area contributed by atoms with Crippen molar-refractivity contribution in [1.82, 2.24) is 9.97 Å². The van der Waals surface area contributed by atoms with E-state index in [-0.39, 0.29) is 17.5 Å². The van der Waals surface area contributed by atoms with Gasteiger partial charge in [-0.1, -0.05) is 30.3 Å². The topological polar surface area (TPSA) is 84.0 Å². The SMILES string of the molecule is CC(=O)Nc1cccc(-c2cc(C(=O)Nc3ccccc3)ncn2)c1. The van der Waals surface area contributed by atoms with Crippen molar-refractivity contribution >= 4 is 23.2 Å². The number of anilines is 2. The van der Waals surface area contributed by atoms with Crippen molar-refractivity contribution in [3.63, 3.8) is 0 Å². The van der Waals surface area contributed by atoms with Gasteiger partial charge in [-0.15, -0.1) is 0 Å². The first kappa shape index (κ1) is 16.3. The lowest BCUT2D eigenvalue weighted by Crippen LogP contribution is -2.14. The first-order valence-electron chi connectivity index (χ1n) is 7.68. The van der Waals surface area contributed by atoms with Gasteiger partial charge >= 0.3 is 0 Å². The summed E-state index contributed by atoms with van der Waals surface area (Å²) in [5, 5.41) is 5.51. The van der Waals surface area contributed by atoms with E-state index in [0.717, 1.165) is 5.56 Å². The first-order valence-corrected chi connectivity index (χ1v) is 7.68. The molecular formula is C19H16N4O2. The number of amides is 2. The molecule has 3 aromatic rings. The fourth-order valence-corrected chi connectivity index (χ4v) is 2.32. The minimum atomic E-state index is -0.312. The molecule has 0 saturated carbocycles. The number of nitrogens with zero attached hydrogens (tertiary/aromatic N) is 2. The lowest BCUT2D eigenvalue weighted by Gasteiger charge is -2.07. The molecule has 3 rings (SSSR count). The summed E-state index contributed by atoms with van der Waals surface area (Å²) in [5.74, 6) is -0.462. The van der Waals surface area contributed by atoms with Gasteiger partial charge in [0, 0.05) is 23.9 Å².